The third kappa shape index (κ3) is 4.17. The van der Waals surface area contributed by atoms with Crippen LogP contribution in [0.2, 0.25) is 0 Å². The van der Waals surface area contributed by atoms with Crippen molar-refractivity contribution in [3.8, 4) is 0 Å². The van der Waals surface area contributed by atoms with Gasteiger partial charge in [0.25, 0.3) is 0 Å². The van der Waals surface area contributed by atoms with Crippen LogP contribution in [0.4, 0.5) is 5.82 Å². The summed E-state index contributed by atoms with van der Waals surface area (Å²) in [5, 5.41) is 3.42. The Morgan fingerprint density at radius 3 is 2.38 bits per heavy atom. The zero-order valence-corrected chi connectivity index (χ0v) is 11.0. The number of nitrogens with zero attached hydrogens (tertiary/aromatic N) is 2. The van der Waals surface area contributed by atoms with Crippen LogP contribution in [0.15, 0.2) is 12.4 Å². The van der Waals surface area contributed by atoms with Crippen molar-refractivity contribution in [2.45, 2.75) is 53.0 Å². The molecule has 1 aromatic heterocycles. The minimum Gasteiger partial charge on any atom is -0.368 e. The molecular formula is C13H23N3. The van der Waals surface area contributed by atoms with E-state index in [-0.39, 0.29) is 0 Å². The molecule has 0 aliphatic rings. The molecule has 1 N–H and O–H groups in total. The summed E-state index contributed by atoms with van der Waals surface area (Å²) in [7, 11) is 0. The molecular weight excluding hydrogens is 198 g/mol. The van der Waals surface area contributed by atoms with E-state index in [0.29, 0.717) is 17.9 Å². The van der Waals surface area contributed by atoms with Gasteiger partial charge in [0.2, 0.25) is 0 Å². The predicted molar refractivity (Wildman–Crippen MR) is 68.7 cm³/mol. The molecule has 1 heterocycles. The molecule has 0 saturated heterocycles. The highest BCUT2D eigenvalue weighted by molar-refractivity contribution is 5.36. The molecule has 0 aliphatic heterocycles. The second-order valence-electron chi connectivity index (χ2n) is 5.16. The van der Waals surface area contributed by atoms with E-state index in [1.165, 1.54) is 0 Å². The Labute approximate surface area is 98.7 Å². The van der Waals surface area contributed by atoms with Gasteiger partial charge in [0.15, 0.2) is 0 Å². The highest BCUT2D eigenvalue weighted by Crippen LogP contribution is 2.15. The monoisotopic (exact) mass is 221 g/mol. The van der Waals surface area contributed by atoms with Crippen LogP contribution in [0.5, 0.6) is 0 Å². The highest BCUT2D eigenvalue weighted by Gasteiger charge is 2.07. The molecule has 1 rings (SSSR count). The smallest absolute Gasteiger partial charge is 0.129 e. The summed E-state index contributed by atoms with van der Waals surface area (Å²) < 4.78 is 0. The van der Waals surface area contributed by atoms with Crippen molar-refractivity contribution in [1.29, 1.82) is 0 Å². The number of anilines is 1. The quantitative estimate of drug-likeness (QED) is 0.827. The third-order valence-electron chi connectivity index (χ3n) is 2.50. The molecule has 0 amide bonds. The van der Waals surface area contributed by atoms with Crippen LogP contribution in [-0.4, -0.2) is 16.0 Å². The van der Waals surface area contributed by atoms with E-state index in [1.54, 1.807) is 6.33 Å². The first-order chi connectivity index (χ1) is 7.49. The first kappa shape index (κ1) is 12.9. The number of hydrogen-bond donors (Lipinski definition) is 1. The van der Waals surface area contributed by atoms with Crippen molar-refractivity contribution in [1.82, 2.24) is 9.97 Å². The molecule has 3 heteroatoms. The lowest BCUT2D eigenvalue weighted by atomic mass is 10.1. The lowest BCUT2D eigenvalue weighted by Gasteiger charge is -2.17. The fraction of sp³-hybridized carbons (Fsp3) is 0.692. The first-order valence-corrected chi connectivity index (χ1v) is 6.07. The van der Waals surface area contributed by atoms with Crippen molar-refractivity contribution in [2.24, 2.45) is 5.92 Å². The lowest BCUT2D eigenvalue weighted by molar-refractivity contribution is 0.538. The van der Waals surface area contributed by atoms with E-state index < -0.39 is 0 Å². The van der Waals surface area contributed by atoms with Crippen LogP contribution >= 0.6 is 0 Å². The van der Waals surface area contributed by atoms with E-state index in [0.717, 1.165) is 17.9 Å². The van der Waals surface area contributed by atoms with Gasteiger partial charge in [-0.05, 0) is 25.2 Å². The van der Waals surface area contributed by atoms with E-state index in [1.807, 2.05) is 6.07 Å². The van der Waals surface area contributed by atoms with Crippen molar-refractivity contribution < 1.29 is 0 Å². The average Bonchev–Trinajstić information content (AvgIpc) is 2.16. The maximum atomic E-state index is 4.26. The summed E-state index contributed by atoms with van der Waals surface area (Å²) in [6.07, 6.45) is 2.79. The van der Waals surface area contributed by atoms with Gasteiger partial charge in [-0.2, -0.15) is 0 Å². The summed E-state index contributed by atoms with van der Waals surface area (Å²) in [6, 6.07) is 2.50. The van der Waals surface area contributed by atoms with Crippen LogP contribution in [0, 0.1) is 5.92 Å². The molecule has 0 spiro atoms. The molecule has 90 valence electrons. The molecule has 0 saturated carbocycles. The van der Waals surface area contributed by atoms with E-state index in [2.05, 4.69) is 49.9 Å². The van der Waals surface area contributed by atoms with Crippen LogP contribution in [0.25, 0.3) is 0 Å². The number of hydrogen-bond acceptors (Lipinski definition) is 3. The standard InChI is InChI=1S/C13H23N3/c1-9(2)6-11(5)16-13-7-12(10(3)4)14-8-15-13/h7-11H,6H2,1-5H3,(H,14,15,16). The molecule has 1 aromatic rings. The molecule has 0 bridgehead atoms. The number of aromatic nitrogens is 2. The Kier molecular flexibility index (Phi) is 4.71. The van der Waals surface area contributed by atoms with Gasteiger partial charge in [0.05, 0.1) is 0 Å². The Morgan fingerprint density at radius 2 is 1.81 bits per heavy atom. The van der Waals surface area contributed by atoms with Crippen molar-refractivity contribution >= 4 is 5.82 Å². The summed E-state index contributed by atoms with van der Waals surface area (Å²) in [6.45, 7) is 10.9. The normalized spacial score (nSPS) is 13.2. The maximum Gasteiger partial charge on any atom is 0.129 e. The number of rotatable bonds is 5. The molecule has 0 aromatic carbocycles. The minimum absolute atomic E-state index is 0.448. The third-order valence-corrected chi connectivity index (χ3v) is 2.50. The largest absolute Gasteiger partial charge is 0.368 e. The fourth-order valence-electron chi connectivity index (χ4n) is 1.79. The van der Waals surface area contributed by atoms with E-state index in [9.17, 15) is 0 Å². The maximum absolute atomic E-state index is 4.26. The highest BCUT2D eigenvalue weighted by atomic mass is 15.0. The second kappa shape index (κ2) is 5.83. The Balaban J connectivity index is 2.63. The van der Waals surface area contributed by atoms with Gasteiger partial charge in [-0.25, -0.2) is 9.97 Å². The van der Waals surface area contributed by atoms with E-state index in [4.69, 9.17) is 0 Å². The molecule has 1 unspecified atom stereocenters. The predicted octanol–water partition coefficient (Wildman–Crippen LogP) is 3.45. The number of nitrogens with one attached hydrogen (secondary N) is 1. The molecule has 0 radical (unpaired) electrons. The van der Waals surface area contributed by atoms with Gasteiger partial charge in [-0.1, -0.05) is 27.7 Å². The van der Waals surface area contributed by atoms with Gasteiger partial charge in [0.1, 0.15) is 12.1 Å². The Bertz CT molecular complexity index is 321. The SMILES string of the molecule is CC(C)CC(C)Nc1cc(C(C)C)ncn1. The van der Waals surface area contributed by atoms with Crippen LogP contribution < -0.4 is 5.32 Å². The topological polar surface area (TPSA) is 37.8 Å². The summed E-state index contributed by atoms with van der Waals surface area (Å²) in [5.74, 6) is 2.09. The van der Waals surface area contributed by atoms with Crippen molar-refractivity contribution in [2.75, 3.05) is 5.32 Å². The zero-order chi connectivity index (χ0) is 12.1. The Hall–Kier alpha value is -1.12. The zero-order valence-electron chi connectivity index (χ0n) is 11.0. The Morgan fingerprint density at radius 1 is 1.12 bits per heavy atom. The van der Waals surface area contributed by atoms with E-state index >= 15 is 0 Å². The van der Waals surface area contributed by atoms with Gasteiger partial charge in [-0.15, -0.1) is 0 Å². The fourth-order valence-corrected chi connectivity index (χ4v) is 1.79. The molecule has 3 nitrogen and oxygen atoms in total. The van der Waals surface area contributed by atoms with Gasteiger partial charge >= 0.3 is 0 Å². The lowest BCUT2D eigenvalue weighted by Crippen LogP contribution is -2.18. The summed E-state index contributed by atoms with van der Waals surface area (Å²) in [4.78, 5) is 8.50. The first-order valence-electron chi connectivity index (χ1n) is 6.07. The van der Waals surface area contributed by atoms with Crippen LogP contribution in [-0.2, 0) is 0 Å². The van der Waals surface area contributed by atoms with Gasteiger partial charge in [0, 0.05) is 17.8 Å². The molecule has 1 atom stereocenters. The second-order valence-corrected chi connectivity index (χ2v) is 5.16. The summed E-state index contributed by atoms with van der Waals surface area (Å²) in [5.41, 5.74) is 1.09. The van der Waals surface area contributed by atoms with Crippen LogP contribution in [0.1, 0.15) is 52.7 Å². The van der Waals surface area contributed by atoms with Gasteiger partial charge < -0.3 is 5.32 Å². The van der Waals surface area contributed by atoms with Gasteiger partial charge in [-0.3, -0.25) is 0 Å². The molecule has 0 fully saturated rings. The summed E-state index contributed by atoms with van der Waals surface area (Å²) >= 11 is 0. The average molecular weight is 221 g/mol. The van der Waals surface area contributed by atoms with Crippen LogP contribution in [0.3, 0.4) is 0 Å². The minimum atomic E-state index is 0.448. The molecule has 16 heavy (non-hydrogen) atoms. The van der Waals surface area contributed by atoms with Crippen molar-refractivity contribution in [3.63, 3.8) is 0 Å². The van der Waals surface area contributed by atoms with Crippen molar-refractivity contribution in [3.05, 3.63) is 18.1 Å². The molecule has 0 aliphatic carbocycles.